The van der Waals surface area contributed by atoms with Crippen LogP contribution in [0.2, 0.25) is 0 Å². The molecule has 19 heteroatoms. The van der Waals surface area contributed by atoms with Crippen LogP contribution in [0, 0.1) is 11.8 Å². The number of anilines is 1. The van der Waals surface area contributed by atoms with Crippen molar-refractivity contribution >= 4 is 43.0 Å². The molecule has 1 aliphatic rings. The molecule has 0 saturated heterocycles. The van der Waals surface area contributed by atoms with Crippen molar-refractivity contribution in [1.29, 1.82) is 0 Å². The van der Waals surface area contributed by atoms with E-state index in [-0.39, 0.29) is 62.0 Å². The Morgan fingerprint density at radius 3 is 1.79 bits per heavy atom. The predicted molar refractivity (Wildman–Crippen MR) is 250 cm³/mol. The Morgan fingerprint density at radius 1 is 0.561 bits per heavy atom. The normalized spacial score (nSPS) is 12.6. The van der Waals surface area contributed by atoms with E-state index in [1.165, 1.54) is 0 Å². The largest absolute Gasteiger partial charge is 0.402 e. The topological polar surface area (TPSA) is 232 Å². The second kappa shape index (κ2) is 34.6. The van der Waals surface area contributed by atoms with Crippen LogP contribution in [-0.2, 0) is 58.6 Å². The highest BCUT2D eigenvalue weighted by Crippen LogP contribution is 2.36. The summed E-state index contributed by atoms with van der Waals surface area (Å²) in [7, 11) is -3.75. The van der Waals surface area contributed by atoms with Crippen molar-refractivity contribution in [3.63, 3.8) is 0 Å². The van der Waals surface area contributed by atoms with Gasteiger partial charge in [0.2, 0.25) is 29.5 Å². The zero-order chi connectivity index (χ0) is 47.5. The maximum Gasteiger partial charge on any atom is 0.402 e. The number of hydrogen-bond acceptors (Lipinski definition) is 11. The van der Waals surface area contributed by atoms with Crippen LogP contribution in [0.15, 0.2) is 48.5 Å². The van der Waals surface area contributed by atoms with E-state index in [2.05, 4.69) is 38.2 Å². The maximum atomic E-state index is 13.3. The van der Waals surface area contributed by atoms with E-state index in [1.807, 2.05) is 55.5 Å². The van der Waals surface area contributed by atoms with Crippen LogP contribution in [0.4, 0.5) is 5.69 Å². The third-order valence-corrected chi connectivity index (χ3v) is 11.1. The summed E-state index contributed by atoms with van der Waals surface area (Å²) in [5.41, 5.74) is 3.35. The lowest BCUT2D eigenvalue weighted by Crippen LogP contribution is -2.34. The summed E-state index contributed by atoms with van der Waals surface area (Å²) in [4.78, 5) is 73.2. The fraction of sp³-hybridized carbons (Fsp3) is 0.596. The number of unbranched alkanes of at least 4 members (excludes halogenated alkanes) is 3. The number of benzene rings is 2. The number of carbonyl (C=O) groups is 5. The first-order valence-corrected chi connectivity index (χ1v) is 24.7. The molecule has 0 spiro atoms. The molecule has 366 valence electrons. The highest BCUT2D eigenvalue weighted by molar-refractivity contribution is 7.50. The average Bonchev–Trinajstić information content (AvgIpc) is 3.30. The molecular weight excluding hydrogens is 872 g/mol. The number of ether oxygens (including phenoxy) is 4. The number of para-hydroxylation sites is 1. The van der Waals surface area contributed by atoms with Crippen LogP contribution in [0.1, 0.15) is 101 Å². The highest BCUT2D eigenvalue weighted by atomic mass is 31.2. The number of nitrogens with one attached hydrogen (secondary N) is 5. The number of carbonyl (C=O) groups excluding carboxylic acids is 5. The quantitative estimate of drug-likeness (QED) is 0.0322. The molecule has 1 heterocycles. The lowest BCUT2D eigenvalue weighted by Gasteiger charge is -2.26. The van der Waals surface area contributed by atoms with E-state index < -0.39 is 7.75 Å². The molecule has 0 aliphatic carbocycles. The third-order valence-electron chi connectivity index (χ3n) is 9.92. The summed E-state index contributed by atoms with van der Waals surface area (Å²) < 4.78 is 38.7. The number of fused-ring (bicyclic) bond motifs is 2. The Labute approximate surface area is 389 Å². The molecule has 0 bridgehead atoms. The summed E-state index contributed by atoms with van der Waals surface area (Å²) in [6.07, 6.45) is 5.73. The van der Waals surface area contributed by atoms with Crippen LogP contribution < -0.4 is 31.3 Å². The van der Waals surface area contributed by atoms with Crippen LogP contribution in [0.5, 0.6) is 0 Å². The molecule has 66 heavy (non-hydrogen) atoms. The monoisotopic (exact) mass is 942 g/mol. The van der Waals surface area contributed by atoms with Crippen molar-refractivity contribution in [1.82, 2.24) is 26.4 Å². The van der Waals surface area contributed by atoms with Gasteiger partial charge in [-0.15, -0.1) is 0 Å². The molecule has 3 rings (SSSR count). The van der Waals surface area contributed by atoms with Gasteiger partial charge in [-0.1, -0.05) is 55.5 Å². The first-order valence-electron chi connectivity index (χ1n) is 23.2. The van der Waals surface area contributed by atoms with Gasteiger partial charge in [0.1, 0.15) is 0 Å². The molecule has 0 saturated carbocycles. The van der Waals surface area contributed by atoms with Gasteiger partial charge in [0.05, 0.1) is 71.7 Å². The molecule has 0 fully saturated rings. The molecule has 18 nitrogen and oxygen atoms in total. The fourth-order valence-corrected chi connectivity index (χ4v) is 7.31. The number of nitrogens with zero attached hydrogens (tertiary/aromatic N) is 1. The third kappa shape index (κ3) is 25.9. The van der Waals surface area contributed by atoms with E-state index >= 15 is 0 Å². The minimum absolute atomic E-state index is 0.0658. The van der Waals surface area contributed by atoms with Gasteiger partial charge < -0.3 is 50.0 Å². The fourth-order valence-electron chi connectivity index (χ4n) is 6.34. The summed E-state index contributed by atoms with van der Waals surface area (Å²) in [6.45, 7) is 7.35. The molecule has 1 aliphatic heterocycles. The molecular formula is C47H71N6O12P. The van der Waals surface area contributed by atoms with Crippen molar-refractivity contribution in [2.45, 2.75) is 90.5 Å². The maximum absolute atomic E-state index is 13.3. The van der Waals surface area contributed by atoms with Gasteiger partial charge in [-0.3, -0.25) is 28.5 Å². The first kappa shape index (κ1) is 55.6. The molecule has 0 aromatic heterocycles. The predicted octanol–water partition coefficient (Wildman–Crippen LogP) is 3.87. The SMILES string of the molecule is CCCNP(=O)(O)OCCCCNC(=O)CCCNC(=O)CCCCCNC(=O)CCOCCOCCOCCOCCNC(=O)CCC(=O)N1Cc2ccccc2C#Cc2ccccc21. The Kier molecular flexibility index (Phi) is 29.2. The Balaban J connectivity index is 1.03. The minimum Gasteiger partial charge on any atom is -0.379 e. The first-order chi connectivity index (χ1) is 32.1. The van der Waals surface area contributed by atoms with Gasteiger partial charge in [0.25, 0.3) is 0 Å². The highest BCUT2D eigenvalue weighted by Gasteiger charge is 2.22. The zero-order valence-electron chi connectivity index (χ0n) is 38.5. The van der Waals surface area contributed by atoms with Crippen LogP contribution in [0.25, 0.3) is 0 Å². The van der Waals surface area contributed by atoms with Gasteiger partial charge in [-0.25, -0.2) is 9.65 Å². The van der Waals surface area contributed by atoms with Crippen molar-refractivity contribution in [3.05, 3.63) is 65.2 Å². The second-order valence-electron chi connectivity index (χ2n) is 15.4. The van der Waals surface area contributed by atoms with Gasteiger partial charge in [-0.2, -0.15) is 0 Å². The van der Waals surface area contributed by atoms with E-state index in [1.54, 1.807) is 4.90 Å². The van der Waals surface area contributed by atoms with Crippen molar-refractivity contribution in [2.24, 2.45) is 0 Å². The Bertz CT molecular complexity index is 1880. The molecule has 1 atom stereocenters. The lowest BCUT2D eigenvalue weighted by atomic mass is 10.0. The summed E-state index contributed by atoms with van der Waals surface area (Å²) in [5.74, 6) is 5.74. The number of amides is 5. The minimum atomic E-state index is -3.75. The van der Waals surface area contributed by atoms with Gasteiger partial charge in [-0.05, 0) is 62.3 Å². The Morgan fingerprint density at radius 2 is 1.09 bits per heavy atom. The lowest BCUT2D eigenvalue weighted by molar-refractivity contribution is -0.125. The van der Waals surface area contributed by atoms with Gasteiger partial charge in [0.15, 0.2) is 0 Å². The van der Waals surface area contributed by atoms with Crippen LogP contribution in [0.3, 0.4) is 0 Å². The van der Waals surface area contributed by atoms with Crippen LogP contribution >= 0.6 is 7.75 Å². The van der Waals surface area contributed by atoms with Crippen molar-refractivity contribution < 1.29 is 56.9 Å². The van der Waals surface area contributed by atoms with Crippen molar-refractivity contribution in [3.8, 4) is 11.8 Å². The molecule has 2 aromatic rings. The molecule has 1 unspecified atom stereocenters. The molecule has 0 radical (unpaired) electrons. The standard InChI is InChI=1S/C47H71N6O12P/c1-2-24-52-66(59,60)65-29-11-10-26-48-44(55)18-12-27-50-43(54)17-4-3-9-25-49-46(57)23-30-61-32-34-63-36-37-64-35-33-62-31-28-51-45(56)21-22-47(58)53-38-41-15-6-5-13-39(41)19-20-40-14-7-8-16-42(40)53/h5-8,13-16H,2-4,9-12,17-18,21-38H2,1H3,(H,48,55)(H,49,57)(H,50,54)(H,51,56)(H2,52,59,60). The van der Waals surface area contributed by atoms with E-state index in [4.69, 9.17) is 23.5 Å². The molecule has 5 amide bonds. The van der Waals surface area contributed by atoms with Crippen LogP contribution in [-0.4, -0.2) is 127 Å². The smallest absolute Gasteiger partial charge is 0.379 e. The summed E-state index contributed by atoms with van der Waals surface area (Å²) in [6, 6.07) is 15.3. The zero-order valence-corrected chi connectivity index (χ0v) is 39.4. The van der Waals surface area contributed by atoms with E-state index in [0.29, 0.717) is 124 Å². The van der Waals surface area contributed by atoms with Crippen molar-refractivity contribution in [2.75, 3.05) is 97.1 Å². The molecule has 6 N–H and O–H groups in total. The van der Waals surface area contributed by atoms with Gasteiger partial charge in [0, 0.05) is 76.0 Å². The number of hydrogen-bond donors (Lipinski definition) is 6. The molecule has 2 aromatic carbocycles. The average molecular weight is 943 g/mol. The Hall–Kier alpha value is -4.70. The number of rotatable bonds is 37. The van der Waals surface area contributed by atoms with Gasteiger partial charge >= 0.3 is 7.75 Å². The van der Waals surface area contributed by atoms with E-state index in [0.717, 1.165) is 41.6 Å². The second-order valence-corrected chi connectivity index (χ2v) is 17.0. The summed E-state index contributed by atoms with van der Waals surface area (Å²) >= 11 is 0. The summed E-state index contributed by atoms with van der Waals surface area (Å²) in [5, 5.41) is 13.7. The van der Waals surface area contributed by atoms with E-state index in [9.17, 15) is 33.4 Å².